The van der Waals surface area contributed by atoms with Crippen LogP contribution in [0.5, 0.6) is 11.6 Å². The second-order valence-electron chi connectivity index (χ2n) is 5.87. The van der Waals surface area contributed by atoms with Crippen molar-refractivity contribution in [1.29, 1.82) is 0 Å². The van der Waals surface area contributed by atoms with Crippen molar-refractivity contribution in [2.24, 2.45) is 0 Å². The first-order valence-corrected chi connectivity index (χ1v) is 10.4. The Morgan fingerprint density at radius 1 is 1.13 bits per heavy atom. The molecule has 1 aromatic carbocycles. The lowest BCUT2D eigenvalue weighted by atomic mass is 10.2. The van der Waals surface area contributed by atoms with Crippen LogP contribution in [0.3, 0.4) is 0 Å². The molecule has 0 saturated heterocycles. The van der Waals surface area contributed by atoms with Gasteiger partial charge in [-0.1, -0.05) is 29.3 Å². The topological polar surface area (TPSA) is 84.0 Å². The van der Waals surface area contributed by atoms with Gasteiger partial charge in [0.05, 0.1) is 19.1 Å². The maximum atomic E-state index is 12.1. The average molecular weight is 470 g/mol. The summed E-state index contributed by atoms with van der Waals surface area (Å²) in [4.78, 5) is 28.9. The van der Waals surface area contributed by atoms with Crippen molar-refractivity contribution < 1.29 is 28.5 Å². The van der Waals surface area contributed by atoms with Gasteiger partial charge in [-0.05, 0) is 25.1 Å². The number of thiophene rings is 1. The largest absolute Gasteiger partial charge is 0.479 e. The lowest BCUT2D eigenvalue weighted by Gasteiger charge is -2.08. The first-order chi connectivity index (χ1) is 14.4. The molecule has 3 rings (SSSR count). The number of carbonyl (C=O) groups excluding carboxylic acids is 2. The number of fused-ring (bicyclic) bond motifs is 1. The van der Waals surface area contributed by atoms with Crippen LogP contribution in [0.1, 0.15) is 22.2 Å². The standard InChI is InChI=1S/C20H17Cl2NO6S/c1-3-27-16(24)10-29-17-13-6-7-15(23-19(13)30-18(17)20(25)26-2)28-9-11-4-5-12(21)8-14(11)22/h4-8H,3,9-10H2,1-2H3. The molecule has 10 heteroatoms. The third kappa shape index (κ3) is 5.13. The van der Waals surface area contributed by atoms with Gasteiger partial charge >= 0.3 is 11.9 Å². The maximum Gasteiger partial charge on any atom is 0.351 e. The molecule has 3 aromatic rings. The Bertz CT molecular complexity index is 1080. The van der Waals surface area contributed by atoms with E-state index in [9.17, 15) is 9.59 Å². The summed E-state index contributed by atoms with van der Waals surface area (Å²) in [6.07, 6.45) is 0. The van der Waals surface area contributed by atoms with E-state index in [4.69, 9.17) is 42.1 Å². The second kappa shape index (κ2) is 9.97. The van der Waals surface area contributed by atoms with Crippen molar-refractivity contribution >= 4 is 56.7 Å². The minimum atomic E-state index is -0.590. The molecule has 0 atom stereocenters. The van der Waals surface area contributed by atoms with E-state index in [-0.39, 0.29) is 30.4 Å². The van der Waals surface area contributed by atoms with Crippen LogP contribution in [0.2, 0.25) is 10.0 Å². The van der Waals surface area contributed by atoms with Gasteiger partial charge in [0.1, 0.15) is 11.4 Å². The zero-order valence-electron chi connectivity index (χ0n) is 16.1. The summed E-state index contributed by atoms with van der Waals surface area (Å²) >= 11 is 13.1. The predicted octanol–water partition coefficient (Wildman–Crippen LogP) is 4.91. The van der Waals surface area contributed by atoms with Gasteiger partial charge in [0.2, 0.25) is 5.88 Å². The van der Waals surface area contributed by atoms with E-state index >= 15 is 0 Å². The Balaban J connectivity index is 1.84. The van der Waals surface area contributed by atoms with E-state index in [2.05, 4.69) is 4.98 Å². The summed E-state index contributed by atoms with van der Waals surface area (Å²) in [5, 5.41) is 1.58. The molecule has 30 heavy (non-hydrogen) atoms. The molecule has 0 radical (unpaired) electrons. The van der Waals surface area contributed by atoms with Gasteiger partial charge in [-0.25, -0.2) is 14.6 Å². The van der Waals surface area contributed by atoms with E-state index in [1.165, 1.54) is 7.11 Å². The average Bonchev–Trinajstić information content (AvgIpc) is 3.09. The zero-order chi connectivity index (χ0) is 21.7. The molecular weight excluding hydrogens is 453 g/mol. The highest BCUT2D eigenvalue weighted by molar-refractivity contribution is 7.20. The predicted molar refractivity (Wildman–Crippen MR) is 114 cm³/mol. The van der Waals surface area contributed by atoms with Crippen LogP contribution < -0.4 is 9.47 Å². The molecule has 2 aromatic heterocycles. The van der Waals surface area contributed by atoms with Crippen LogP contribution in [0.25, 0.3) is 10.2 Å². The normalized spacial score (nSPS) is 10.7. The molecule has 0 aliphatic heterocycles. The number of nitrogens with zero attached hydrogens (tertiary/aromatic N) is 1. The second-order valence-corrected chi connectivity index (χ2v) is 7.71. The first-order valence-electron chi connectivity index (χ1n) is 8.80. The maximum absolute atomic E-state index is 12.1. The lowest BCUT2D eigenvalue weighted by Crippen LogP contribution is -2.15. The van der Waals surface area contributed by atoms with Crippen LogP contribution in [0, 0.1) is 0 Å². The molecule has 0 bridgehead atoms. The summed E-state index contributed by atoms with van der Waals surface area (Å²) in [7, 11) is 1.26. The number of rotatable bonds is 8. The first kappa shape index (κ1) is 22.1. The highest BCUT2D eigenvalue weighted by Gasteiger charge is 2.23. The molecule has 0 amide bonds. The number of hydrogen-bond acceptors (Lipinski definition) is 8. The van der Waals surface area contributed by atoms with E-state index in [1.807, 2.05) is 0 Å². The number of halogens is 2. The molecule has 0 aliphatic rings. The number of pyridine rings is 1. The van der Waals surface area contributed by atoms with Gasteiger partial charge in [0.25, 0.3) is 0 Å². The number of ether oxygens (including phenoxy) is 4. The lowest BCUT2D eigenvalue weighted by molar-refractivity contribution is -0.145. The minimum absolute atomic E-state index is 0.190. The molecule has 2 heterocycles. The van der Waals surface area contributed by atoms with Crippen molar-refractivity contribution in [3.05, 3.63) is 50.8 Å². The Kier molecular flexibility index (Phi) is 7.36. The fraction of sp³-hybridized carbons (Fsp3) is 0.250. The van der Waals surface area contributed by atoms with Gasteiger partial charge in [-0.15, -0.1) is 11.3 Å². The van der Waals surface area contributed by atoms with Gasteiger partial charge in [-0.2, -0.15) is 0 Å². The number of esters is 2. The molecular formula is C20H17Cl2NO6S. The smallest absolute Gasteiger partial charge is 0.351 e. The van der Waals surface area contributed by atoms with Crippen LogP contribution in [0.4, 0.5) is 0 Å². The highest BCUT2D eigenvalue weighted by Crippen LogP contribution is 2.38. The van der Waals surface area contributed by atoms with E-state index in [1.54, 1.807) is 37.3 Å². The molecule has 0 saturated carbocycles. The minimum Gasteiger partial charge on any atom is -0.479 e. The van der Waals surface area contributed by atoms with Crippen LogP contribution in [0.15, 0.2) is 30.3 Å². The summed E-state index contributed by atoms with van der Waals surface area (Å²) in [6, 6.07) is 8.46. The van der Waals surface area contributed by atoms with Gasteiger partial charge in [0.15, 0.2) is 17.2 Å². The van der Waals surface area contributed by atoms with Crippen LogP contribution in [-0.2, 0) is 20.9 Å². The molecule has 7 nitrogen and oxygen atoms in total. The Hall–Kier alpha value is -2.55. The third-order valence-corrected chi connectivity index (χ3v) is 5.53. The third-order valence-electron chi connectivity index (χ3n) is 3.89. The summed E-state index contributed by atoms with van der Waals surface area (Å²) in [5.74, 6) is -0.578. The Labute approximate surface area is 186 Å². The number of methoxy groups -OCH3 is 1. The molecule has 158 valence electrons. The number of aromatic nitrogens is 1. The van der Waals surface area contributed by atoms with Crippen molar-refractivity contribution in [2.75, 3.05) is 20.3 Å². The Morgan fingerprint density at radius 2 is 1.93 bits per heavy atom. The molecule has 0 fully saturated rings. The zero-order valence-corrected chi connectivity index (χ0v) is 18.4. The molecule has 0 spiro atoms. The van der Waals surface area contributed by atoms with Gasteiger partial charge in [0, 0.05) is 21.7 Å². The van der Waals surface area contributed by atoms with E-state index < -0.39 is 11.9 Å². The van der Waals surface area contributed by atoms with Gasteiger partial charge < -0.3 is 18.9 Å². The number of benzene rings is 1. The number of carbonyl (C=O) groups is 2. The monoisotopic (exact) mass is 469 g/mol. The molecule has 0 aliphatic carbocycles. The van der Waals surface area contributed by atoms with Crippen LogP contribution in [-0.4, -0.2) is 37.2 Å². The Morgan fingerprint density at radius 3 is 2.63 bits per heavy atom. The summed E-state index contributed by atoms with van der Waals surface area (Å²) in [6.45, 7) is 1.78. The highest BCUT2D eigenvalue weighted by atomic mass is 35.5. The van der Waals surface area contributed by atoms with Crippen molar-refractivity contribution in [3.8, 4) is 11.6 Å². The summed E-state index contributed by atoms with van der Waals surface area (Å²) < 4.78 is 20.9. The fourth-order valence-corrected chi connectivity index (χ4v) is 4.01. The quantitative estimate of drug-likeness (QED) is 0.433. The SMILES string of the molecule is CCOC(=O)COc1c(C(=O)OC)sc2nc(OCc3ccc(Cl)cc3Cl)ccc12. The van der Waals surface area contributed by atoms with Crippen molar-refractivity contribution in [2.45, 2.75) is 13.5 Å². The number of hydrogen-bond donors (Lipinski definition) is 0. The molecule has 0 N–H and O–H groups in total. The fourth-order valence-electron chi connectivity index (χ4n) is 2.51. The van der Waals surface area contributed by atoms with Gasteiger partial charge in [-0.3, -0.25) is 0 Å². The van der Waals surface area contributed by atoms with Crippen molar-refractivity contribution in [3.63, 3.8) is 0 Å². The summed E-state index contributed by atoms with van der Waals surface area (Å²) in [5.41, 5.74) is 0.753. The van der Waals surface area contributed by atoms with Crippen molar-refractivity contribution in [1.82, 2.24) is 4.98 Å². The molecule has 0 unspecified atom stereocenters. The van der Waals surface area contributed by atoms with Crippen LogP contribution >= 0.6 is 34.5 Å². The van der Waals surface area contributed by atoms with E-state index in [0.717, 1.165) is 16.9 Å². The van der Waals surface area contributed by atoms with E-state index in [0.29, 0.717) is 26.1 Å².